The number of ether oxygens (including phenoxy) is 2. The molecule has 3 aromatic rings. The molecule has 4 nitrogen and oxygen atoms in total. The van der Waals surface area contributed by atoms with Gasteiger partial charge in [-0.2, -0.15) is 0 Å². The zero-order chi connectivity index (χ0) is 18.9. The SMILES string of the molecule is Cc1ccccc1CC(=O)Nc1ccccc1OCCOc1ccccc1. The summed E-state index contributed by atoms with van der Waals surface area (Å²) in [6.07, 6.45) is 0.331. The summed E-state index contributed by atoms with van der Waals surface area (Å²) in [7, 11) is 0. The molecule has 0 aliphatic carbocycles. The smallest absolute Gasteiger partial charge is 0.228 e. The van der Waals surface area contributed by atoms with E-state index in [0.717, 1.165) is 16.9 Å². The first-order chi connectivity index (χ1) is 13.2. The second kappa shape index (κ2) is 9.43. The van der Waals surface area contributed by atoms with Crippen LogP contribution in [0, 0.1) is 6.92 Å². The first kappa shape index (κ1) is 18.5. The van der Waals surface area contributed by atoms with Gasteiger partial charge in [-0.1, -0.05) is 54.6 Å². The summed E-state index contributed by atoms with van der Waals surface area (Å²) in [6, 6.07) is 24.9. The molecule has 1 N–H and O–H groups in total. The predicted molar refractivity (Wildman–Crippen MR) is 107 cm³/mol. The molecule has 0 aliphatic rings. The maximum atomic E-state index is 12.4. The molecule has 138 valence electrons. The topological polar surface area (TPSA) is 47.6 Å². The van der Waals surface area contributed by atoms with Crippen molar-refractivity contribution in [1.29, 1.82) is 0 Å². The van der Waals surface area contributed by atoms with Crippen LogP contribution >= 0.6 is 0 Å². The van der Waals surface area contributed by atoms with Gasteiger partial charge in [0.2, 0.25) is 5.91 Å². The molecule has 1 amide bonds. The number of rotatable bonds is 8. The Balaban J connectivity index is 1.54. The summed E-state index contributed by atoms with van der Waals surface area (Å²) in [5.74, 6) is 1.37. The summed E-state index contributed by atoms with van der Waals surface area (Å²) >= 11 is 0. The van der Waals surface area contributed by atoms with Gasteiger partial charge in [0.25, 0.3) is 0 Å². The molecule has 3 rings (SSSR count). The number of amides is 1. The van der Waals surface area contributed by atoms with Crippen LogP contribution in [0.3, 0.4) is 0 Å². The number of anilines is 1. The normalized spacial score (nSPS) is 10.3. The van der Waals surface area contributed by atoms with E-state index in [4.69, 9.17) is 9.47 Å². The molecule has 0 aromatic heterocycles. The number of para-hydroxylation sites is 3. The first-order valence-corrected chi connectivity index (χ1v) is 8.96. The molecule has 0 spiro atoms. The Morgan fingerprint density at radius 1 is 0.815 bits per heavy atom. The molecule has 0 bridgehead atoms. The van der Waals surface area contributed by atoms with Crippen molar-refractivity contribution in [2.24, 2.45) is 0 Å². The fraction of sp³-hybridized carbons (Fsp3) is 0.174. The van der Waals surface area contributed by atoms with Crippen LogP contribution in [0.2, 0.25) is 0 Å². The molecule has 0 fully saturated rings. The van der Waals surface area contributed by atoms with Crippen LogP contribution in [0.5, 0.6) is 11.5 Å². The molecule has 0 unspecified atom stereocenters. The van der Waals surface area contributed by atoms with Crippen molar-refractivity contribution < 1.29 is 14.3 Å². The molecule has 0 saturated carbocycles. The third kappa shape index (κ3) is 5.61. The van der Waals surface area contributed by atoms with Crippen molar-refractivity contribution in [3.8, 4) is 11.5 Å². The van der Waals surface area contributed by atoms with Crippen LogP contribution in [0.4, 0.5) is 5.69 Å². The molecule has 0 aliphatic heterocycles. The van der Waals surface area contributed by atoms with E-state index in [1.807, 2.05) is 85.8 Å². The predicted octanol–water partition coefficient (Wildman–Crippen LogP) is 4.63. The molecular formula is C23H23NO3. The first-order valence-electron chi connectivity index (χ1n) is 8.96. The zero-order valence-corrected chi connectivity index (χ0v) is 15.4. The Labute approximate surface area is 159 Å². The van der Waals surface area contributed by atoms with Crippen LogP contribution in [-0.2, 0) is 11.2 Å². The monoisotopic (exact) mass is 361 g/mol. The Morgan fingerprint density at radius 2 is 1.48 bits per heavy atom. The summed E-state index contributed by atoms with van der Waals surface area (Å²) in [5.41, 5.74) is 2.79. The highest BCUT2D eigenvalue weighted by Crippen LogP contribution is 2.24. The van der Waals surface area contributed by atoms with Crippen molar-refractivity contribution in [3.63, 3.8) is 0 Å². The Kier molecular flexibility index (Phi) is 6.47. The van der Waals surface area contributed by atoms with E-state index in [-0.39, 0.29) is 5.91 Å². The van der Waals surface area contributed by atoms with E-state index >= 15 is 0 Å². The van der Waals surface area contributed by atoms with Gasteiger partial charge in [-0.15, -0.1) is 0 Å². The third-order valence-electron chi connectivity index (χ3n) is 4.13. The number of hydrogen-bond donors (Lipinski definition) is 1. The van der Waals surface area contributed by atoms with E-state index in [2.05, 4.69) is 5.32 Å². The van der Waals surface area contributed by atoms with Gasteiger partial charge in [-0.25, -0.2) is 0 Å². The maximum absolute atomic E-state index is 12.4. The van der Waals surface area contributed by atoms with Crippen molar-refractivity contribution in [2.45, 2.75) is 13.3 Å². The Hall–Kier alpha value is -3.27. The van der Waals surface area contributed by atoms with Crippen molar-refractivity contribution in [1.82, 2.24) is 0 Å². The van der Waals surface area contributed by atoms with Crippen LogP contribution < -0.4 is 14.8 Å². The fourth-order valence-corrected chi connectivity index (χ4v) is 2.70. The van der Waals surface area contributed by atoms with E-state index in [0.29, 0.717) is 31.1 Å². The van der Waals surface area contributed by atoms with E-state index in [1.165, 1.54) is 0 Å². The van der Waals surface area contributed by atoms with Gasteiger partial charge < -0.3 is 14.8 Å². The van der Waals surface area contributed by atoms with Gasteiger partial charge >= 0.3 is 0 Å². The van der Waals surface area contributed by atoms with Crippen LogP contribution in [0.15, 0.2) is 78.9 Å². The number of carbonyl (C=O) groups is 1. The zero-order valence-electron chi connectivity index (χ0n) is 15.4. The van der Waals surface area contributed by atoms with E-state index < -0.39 is 0 Å². The van der Waals surface area contributed by atoms with Crippen LogP contribution in [0.25, 0.3) is 0 Å². The lowest BCUT2D eigenvalue weighted by Gasteiger charge is -2.13. The molecule has 0 radical (unpaired) electrons. The van der Waals surface area contributed by atoms with Gasteiger partial charge in [0, 0.05) is 0 Å². The van der Waals surface area contributed by atoms with Crippen molar-refractivity contribution in [3.05, 3.63) is 90.0 Å². The minimum absolute atomic E-state index is 0.0686. The van der Waals surface area contributed by atoms with Gasteiger partial charge in [0.15, 0.2) is 0 Å². The number of carbonyl (C=O) groups excluding carboxylic acids is 1. The second-order valence-electron chi connectivity index (χ2n) is 6.16. The minimum atomic E-state index is -0.0686. The highest BCUT2D eigenvalue weighted by molar-refractivity contribution is 5.93. The second-order valence-corrected chi connectivity index (χ2v) is 6.16. The van der Waals surface area contributed by atoms with Gasteiger partial charge in [-0.3, -0.25) is 4.79 Å². The lowest BCUT2D eigenvalue weighted by molar-refractivity contribution is -0.115. The quantitative estimate of drug-likeness (QED) is 0.595. The largest absolute Gasteiger partial charge is 0.490 e. The average Bonchev–Trinajstić information content (AvgIpc) is 2.69. The Bertz CT molecular complexity index is 878. The van der Waals surface area contributed by atoms with Crippen molar-refractivity contribution >= 4 is 11.6 Å². The van der Waals surface area contributed by atoms with E-state index in [1.54, 1.807) is 0 Å². The highest BCUT2D eigenvalue weighted by Gasteiger charge is 2.09. The number of hydrogen-bond acceptors (Lipinski definition) is 3. The maximum Gasteiger partial charge on any atom is 0.228 e. The van der Waals surface area contributed by atoms with Gasteiger partial charge in [-0.05, 0) is 42.3 Å². The van der Waals surface area contributed by atoms with Crippen molar-refractivity contribution in [2.75, 3.05) is 18.5 Å². The number of aryl methyl sites for hydroxylation is 1. The number of nitrogens with one attached hydrogen (secondary N) is 1. The van der Waals surface area contributed by atoms with Gasteiger partial charge in [0.05, 0.1) is 12.1 Å². The summed E-state index contributed by atoms with van der Waals surface area (Å²) in [5, 5.41) is 2.94. The summed E-state index contributed by atoms with van der Waals surface area (Å²) < 4.78 is 11.4. The van der Waals surface area contributed by atoms with Gasteiger partial charge in [0.1, 0.15) is 24.7 Å². The Morgan fingerprint density at radius 3 is 2.30 bits per heavy atom. The third-order valence-corrected chi connectivity index (χ3v) is 4.13. The lowest BCUT2D eigenvalue weighted by atomic mass is 10.1. The molecule has 3 aromatic carbocycles. The molecule has 4 heteroatoms. The average molecular weight is 361 g/mol. The molecule has 0 saturated heterocycles. The molecular weight excluding hydrogens is 338 g/mol. The summed E-state index contributed by atoms with van der Waals surface area (Å²) in [6.45, 7) is 2.82. The highest BCUT2D eigenvalue weighted by atomic mass is 16.5. The fourth-order valence-electron chi connectivity index (χ4n) is 2.70. The number of benzene rings is 3. The molecule has 0 heterocycles. The standard InChI is InChI=1S/C23H23NO3/c1-18-9-5-6-10-19(18)17-23(25)24-21-13-7-8-14-22(21)27-16-15-26-20-11-3-2-4-12-20/h2-14H,15-17H2,1H3,(H,24,25). The molecule has 0 atom stereocenters. The van der Waals surface area contributed by atoms with E-state index in [9.17, 15) is 4.79 Å². The van der Waals surface area contributed by atoms with Crippen LogP contribution in [-0.4, -0.2) is 19.1 Å². The summed E-state index contributed by atoms with van der Waals surface area (Å²) in [4.78, 5) is 12.4. The lowest BCUT2D eigenvalue weighted by Crippen LogP contribution is -2.16. The molecule has 27 heavy (non-hydrogen) atoms. The van der Waals surface area contributed by atoms with Crippen LogP contribution in [0.1, 0.15) is 11.1 Å². The minimum Gasteiger partial charge on any atom is -0.490 e.